The predicted octanol–water partition coefficient (Wildman–Crippen LogP) is -0.616. The smallest absolute Gasteiger partial charge is 0.351 e. The van der Waals surface area contributed by atoms with Crippen molar-refractivity contribution < 1.29 is 14.9 Å². The van der Waals surface area contributed by atoms with Crippen LogP contribution in [-0.2, 0) is 4.74 Å². The molecule has 19 heavy (non-hydrogen) atoms. The molecule has 0 aliphatic carbocycles. The first kappa shape index (κ1) is 14.3. The van der Waals surface area contributed by atoms with Crippen molar-refractivity contribution in [3.63, 3.8) is 0 Å². The standard InChI is InChI=1S/C11H16ClN3O4/c1-6-3-15(10(18)14-9(6)13)8-2-7(17)11(4-12,5-16)19-8/h3,7-8,16-17H,2,4-5H2,1H3,(H2,13,14,18)/t7-,8+,11+/m0/s1. The first-order valence-corrected chi connectivity index (χ1v) is 6.35. The molecule has 1 aliphatic heterocycles. The molecule has 4 N–H and O–H groups in total. The third kappa shape index (κ3) is 2.34. The second-order valence-corrected chi connectivity index (χ2v) is 4.95. The zero-order chi connectivity index (χ0) is 14.2. The zero-order valence-electron chi connectivity index (χ0n) is 10.4. The van der Waals surface area contributed by atoms with E-state index in [9.17, 15) is 15.0 Å². The van der Waals surface area contributed by atoms with Crippen LogP contribution in [0.2, 0.25) is 0 Å². The molecule has 0 bridgehead atoms. The second-order valence-electron chi connectivity index (χ2n) is 4.68. The minimum atomic E-state index is -1.25. The Morgan fingerprint density at radius 1 is 1.74 bits per heavy atom. The lowest BCUT2D eigenvalue weighted by atomic mass is 10.0. The highest BCUT2D eigenvalue weighted by atomic mass is 35.5. The summed E-state index contributed by atoms with van der Waals surface area (Å²) in [6.07, 6.45) is -0.00735. The summed E-state index contributed by atoms with van der Waals surface area (Å²) in [7, 11) is 0. The Balaban J connectivity index is 2.36. The van der Waals surface area contributed by atoms with Gasteiger partial charge in [-0.3, -0.25) is 4.57 Å². The fourth-order valence-corrected chi connectivity index (χ4v) is 2.39. The average molecular weight is 290 g/mol. The van der Waals surface area contributed by atoms with Gasteiger partial charge in [0, 0.05) is 18.2 Å². The Labute approximate surface area is 114 Å². The van der Waals surface area contributed by atoms with Crippen LogP contribution in [0.3, 0.4) is 0 Å². The number of aliphatic hydroxyl groups is 2. The molecule has 3 atom stereocenters. The molecular weight excluding hydrogens is 274 g/mol. The van der Waals surface area contributed by atoms with Gasteiger partial charge in [-0.15, -0.1) is 11.6 Å². The summed E-state index contributed by atoms with van der Waals surface area (Å²) in [4.78, 5) is 15.5. The van der Waals surface area contributed by atoms with Crippen molar-refractivity contribution in [1.29, 1.82) is 0 Å². The highest BCUT2D eigenvalue weighted by molar-refractivity contribution is 6.18. The van der Waals surface area contributed by atoms with Crippen LogP contribution in [0.4, 0.5) is 5.82 Å². The molecule has 0 amide bonds. The van der Waals surface area contributed by atoms with Gasteiger partial charge in [0.25, 0.3) is 0 Å². The van der Waals surface area contributed by atoms with Crippen LogP contribution in [0.25, 0.3) is 0 Å². The van der Waals surface area contributed by atoms with E-state index in [1.807, 2.05) is 0 Å². The Morgan fingerprint density at radius 2 is 2.42 bits per heavy atom. The number of ether oxygens (including phenoxy) is 1. The first-order valence-electron chi connectivity index (χ1n) is 5.81. The van der Waals surface area contributed by atoms with Crippen molar-refractivity contribution in [3.05, 3.63) is 22.2 Å². The summed E-state index contributed by atoms with van der Waals surface area (Å²) in [6, 6.07) is 0. The van der Waals surface area contributed by atoms with Gasteiger partial charge >= 0.3 is 5.69 Å². The lowest BCUT2D eigenvalue weighted by Crippen LogP contribution is -2.45. The van der Waals surface area contributed by atoms with Crippen LogP contribution in [0, 0.1) is 6.92 Å². The average Bonchev–Trinajstić information content (AvgIpc) is 2.71. The maximum absolute atomic E-state index is 11.8. The van der Waals surface area contributed by atoms with Crippen molar-refractivity contribution in [2.75, 3.05) is 18.2 Å². The second kappa shape index (κ2) is 5.09. The molecule has 0 saturated carbocycles. The van der Waals surface area contributed by atoms with E-state index in [4.69, 9.17) is 22.1 Å². The van der Waals surface area contributed by atoms with E-state index >= 15 is 0 Å². The molecule has 1 aliphatic rings. The molecule has 0 spiro atoms. The van der Waals surface area contributed by atoms with Gasteiger partial charge in [0.15, 0.2) is 0 Å². The summed E-state index contributed by atoms with van der Waals surface area (Å²) >= 11 is 5.74. The SMILES string of the molecule is Cc1cn([C@H]2C[C@H](O)[C@](CO)(CCl)O2)c(=O)nc1N. The molecule has 7 nitrogen and oxygen atoms in total. The molecule has 2 rings (SSSR count). The maximum Gasteiger partial charge on any atom is 0.351 e. The highest BCUT2D eigenvalue weighted by Gasteiger charge is 2.48. The normalized spacial score (nSPS) is 30.7. The van der Waals surface area contributed by atoms with Gasteiger partial charge in [-0.2, -0.15) is 4.98 Å². The number of aromatic nitrogens is 2. The molecule has 0 aromatic carbocycles. The third-order valence-electron chi connectivity index (χ3n) is 3.38. The Kier molecular flexibility index (Phi) is 3.82. The maximum atomic E-state index is 11.8. The Hall–Kier alpha value is -1.15. The fourth-order valence-electron chi connectivity index (χ4n) is 2.06. The number of alkyl halides is 1. The molecule has 1 fully saturated rings. The number of nitrogen functional groups attached to an aromatic ring is 1. The summed E-state index contributed by atoms with van der Waals surface area (Å²) in [6.45, 7) is 1.29. The number of halogens is 1. The lowest BCUT2D eigenvalue weighted by Gasteiger charge is -2.27. The summed E-state index contributed by atoms with van der Waals surface area (Å²) in [5.74, 6) is 0.0858. The van der Waals surface area contributed by atoms with Gasteiger partial charge in [0.05, 0.1) is 18.6 Å². The number of aryl methyl sites for hydroxylation is 1. The number of nitrogens with zero attached hydrogens (tertiary/aromatic N) is 2. The van der Waals surface area contributed by atoms with E-state index in [1.54, 1.807) is 6.92 Å². The topological polar surface area (TPSA) is 111 Å². The Morgan fingerprint density at radius 3 is 2.95 bits per heavy atom. The molecule has 8 heteroatoms. The van der Waals surface area contributed by atoms with E-state index in [2.05, 4.69) is 4.98 Å². The molecule has 0 radical (unpaired) electrons. The van der Waals surface area contributed by atoms with Crippen LogP contribution in [0.15, 0.2) is 11.0 Å². The Bertz CT molecular complexity index is 529. The molecule has 1 saturated heterocycles. The van der Waals surface area contributed by atoms with Crippen molar-refractivity contribution in [2.24, 2.45) is 0 Å². The lowest BCUT2D eigenvalue weighted by molar-refractivity contribution is -0.114. The van der Waals surface area contributed by atoms with E-state index in [0.29, 0.717) is 5.56 Å². The van der Waals surface area contributed by atoms with Gasteiger partial charge in [-0.05, 0) is 6.92 Å². The van der Waals surface area contributed by atoms with Crippen LogP contribution >= 0.6 is 11.6 Å². The monoisotopic (exact) mass is 289 g/mol. The number of nitrogens with two attached hydrogens (primary N) is 1. The molecular formula is C11H16ClN3O4. The number of aliphatic hydroxyl groups excluding tert-OH is 2. The fraction of sp³-hybridized carbons (Fsp3) is 0.636. The molecule has 0 unspecified atom stereocenters. The molecule has 106 valence electrons. The quantitative estimate of drug-likeness (QED) is 0.640. The first-order chi connectivity index (χ1) is 8.93. The van der Waals surface area contributed by atoms with E-state index in [0.717, 1.165) is 0 Å². The van der Waals surface area contributed by atoms with Gasteiger partial charge < -0.3 is 20.7 Å². The molecule has 1 aromatic rings. The number of rotatable bonds is 3. The number of hydrogen-bond donors (Lipinski definition) is 3. The van der Waals surface area contributed by atoms with Crippen LogP contribution in [-0.4, -0.2) is 44.0 Å². The predicted molar refractivity (Wildman–Crippen MR) is 68.9 cm³/mol. The van der Waals surface area contributed by atoms with Crippen molar-refractivity contribution >= 4 is 17.4 Å². The van der Waals surface area contributed by atoms with Crippen LogP contribution in [0.5, 0.6) is 0 Å². The van der Waals surface area contributed by atoms with Crippen LogP contribution in [0.1, 0.15) is 18.2 Å². The minimum Gasteiger partial charge on any atom is -0.393 e. The summed E-state index contributed by atoms with van der Waals surface area (Å²) in [5.41, 5.74) is 4.36. The van der Waals surface area contributed by atoms with Gasteiger partial charge in [0.1, 0.15) is 17.6 Å². The third-order valence-corrected chi connectivity index (χ3v) is 3.83. The summed E-state index contributed by atoms with van der Waals surface area (Å²) in [5, 5.41) is 19.3. The summed E-state index contributed by atoms with van der Waals surface area (Å²) < 4.78 is 6.82. The minimum absolute atomic E-state index is 0.0721. The van der Waals surface area contributed by atoms with Crippen molar-refractivity contribution in [2.45, 2.75) is 31.3 Å². The van der Waals surface area contributed by atoms with E-state index in [1.165, 1.54) is 10.8 Å². The highest BCUT2D eigenvalue weighted by Crippen LogP contribution is 2.36. The molecule has 2 heterocycles. The zero-order valence-corrected chi connectivity index (χ0v) is 11.2. The van der Waals surface area contributed by atoms with Crippen LogP contribution < -0.4 is 11.4 Å². The largest absolute Gasteiger partial charge is 0.393 e. The number of hydrogen-bond acceptors (Lipinski definition) is 6. The van der Waals surface area contributed by atoms with Gasteiger partial charge in [0.2, 0.25) is 0 Å². The van der Waals surface area contributed by atoms with Gasteiger partial charge in [-0.25, -0.2) is 4.79 Å². The van der Waals surface area contributed by atoms with E-state index < -0.39 is 30.2 Å². The van der Waals surface area contributed by atoms with E-state index in [-0.39, 0.29) is 18.1 Å². The van der Waals surface area contributed by atoms with Crippen molar-refractivity contribution in [1.82, 2.24) is 9.55 Å². The molecule has 1 aromatic heterocycles. The van der Waals surface area contributed by atoms with Gasteiger partial charge in [-0.1, -0.05) is 0 Å². The van der Waals surface area contributed by atoms with Crippen molar-refractivity contribution in [3.8, 4) is 0 Å². The number of anilines is 1.